The molecule has 0 unspecified atom stereocenters. The Balaban J connectivity index is 0.00000135. The van der Waals surface area contributed by atoms with Crippen LogP contribution in [0.2, 0.25) is 0 Å². The summed E-state index contributed by atoms with van der Waals surface area (Å²) in [5, 5.41) is 9.76. The van der Waals surface area contributed by atoms with E-state index in [0.717, 1.165) is 4.90 Å². The number of nitrogens with one attached hydrogen (secondary N) is 2. The summed E-state index contributed by atoms with van der Waals surface area (Å²) in [6, 6.07) is 0. The molecule has 13 nitrogen and oxygen atoms in total. The smallest absolute Gasteiger partial charge is 0.475 e. The van der Waals surface area contributed by atoms with E-state index in [4.69, 9.17) is 30.0 Å². The molecule has 4 amide bonds. The monoisotopic (exact) mass is 500 g/mol. The number of carboxylic acid groups (broad SMARTS) is 1. The molecular formula is C18H27F3N4O9. The van der Waals surface area contributed by atoms with Gasteiger partial charge in [0.2, 0.25) is 11.8 Å². The number of ether oxygens (including phenoxy) is 3. The fourth-order valence-corrected chi connectivity index (χ4v) is 1.99. The van der Waals surface area contributed by atoms with Gasteiger partial charge in [-0.05, 0) is 0 Å². The number of halogens is 3. The molecule has 0 aromatic heterocycles. The molecule has 5 N–H and O–H groups in total. The number of carbonyl (C=O) groups excluding carboxylic acids is 4. The van der Waals surface area contributed by atoms with E-state index in [9.17, 15) is 32.3 Å². The molecule has 1 heterocycles. The van der Waals surface area contributed by atoms with E-state index in [-0.39, 0.29) is 37.8 Å². The van der Waals surface area contributed by atoms with Crippen molar-refractivity contribution >= 4 is 29.6 Å². The Hall–Kier alpha value is -3.08. The second-order valence-electron chi connectivity index (χ2n) is 6.22. The maximum Gasteiger partial charge on any atom is 0.490 e. The topological polar surface area (TPSA) is 187 Å². The predicted molar refractivity (Wildman–Crippen MR) is 107 cm³/mol. The highest BCUT2D eigenvalue weighted by Gasteiger charge is 2.38. The van der Waals surface area contributed by atoms with Crippen LogP contribution in [0.4, 0.5) is 13.2 Å². The lowest BCUT2D eigenvalue weighted by Crippen LogP contribution is -2.35. The van der Waals surface area contributed by atoms with Crippen LogP contribution >= 0.6 is 0 Å². The number of imide groups is 1. The minimum atomic E-state index is -5.08. The zero-order valence-corrected chi connectivity index (χ0v) is 18.1. The highest BCUT2D eigenvalue weighted by atomic mass is 19.4. The summed E-state index contributed by atoms with van der Waals surface area (Å²) in [6.07, 6.45) is -2.47. The molecule has 0 fully saturated rings. The predicted octanol–water partition coefficient (Wildman–Crippen LogP) is -1.52. The van der Waals surface area contributed by atoms with Crippen molar-refractivity contribution in [3.05, 3.63) is 12.2 Å². The van der Waals surface area contributed by atoms with E-state index in [1.54, 1.807) is 0 Å². The molecule has 0 aromatic carbocycles. The van der Waals surface area contributed by atoms with Crippen molar-refractivity contribution in [1.29, 1.82) is 0 Å². The van der Waals surface area contributed by atoms with E-state index < -0.39 is 24.0 Å². The minimum Gasteiger partial charge on any atom is -0.475 e. The largest absolute Gasteiger partial charge is 0.490 e. The van der Waals surface area contributed by atoms with Crippen LogP contribution < -0.4 is 16.6 Å². The van der Waals surface area contributed by atoms with E-state index >= 15 is 0 Å². The Morgan fingerprint density at radius 1 is 0.882 bits per heavy atom. The van der Waals surface area contributed by atoms with Crippen LogP contribution in [0.5, 0.6) is 0 Å². The van der Waals surface area contributed by atoms with Crippen LogP contribution in [0.15, 0.2) is 12.2 Å². The average molecular weight is 500 g/mol. The number of nitrogens with two attached hydrogens (primary N) is 1. The van der Waals surface area contributed by atoms with Gasteiger partial charge in [-0.15, -0.1) is 0 Å². The fourth-order valence-electron chi connectivity index (χ4n) is 1.99. The van der Waals surface area contributed by atoms with Gasteiger partial charge in [0.25, 0.3) is 11.8 Å². The zero-order chi connectivity index (χ0) is 26.0. The van der Waals surface area contributed by atoms with Crippen molar-refractivity contribution in [3.8, 4) is 0 Å². The molecule has 0 radical (unpaired) electrons. The van der Waals surface area contributed by atoms with Gasteiger partial charge in [-0.2, -0.15) is 13.2 Å². The first-order valence-electron chi connectivity index (χ1n) is 9.82. The molecule has 1 aliphatic rings. The zero-order valence-electron chi connectivity index (χ0n) is 18.1. The Morgan fingerprint density at radius 3 is 1.82 bits per heavy atom. The molecule has 0 atom stereocenters. The third-order valence-corrected chi connectivity index (χ3v) is 3.65. The van der Waals surface area contributed by atoms with Crippen molar-refractivity contribution in [2.24, 2.45) is 5.84 Å². The van der Waals surface area contributed by atoms with Crippen LogP contribution in [-0.4, -0.2) is 98.5 Å². The Kier molecular flexibility index (Phi) is 15.8. The molecule has 0 saturated heterocycles. The second-order valence-corrected chi connectivity index (χ2v) is 6.22. The number of aliphatic carboxylic acids is 1. The van der Waals surface area contributed by atoms with Gasteiger partial charge < -0.3 is 24.6 Å². The van der Waals surface area contributed by atoms with Crippen molar-refractivity contribution < 1.29 is 56.5 Å². The number of carbonyl (C=O) groups is 5. The quantitative estimate of drug-likeness (QED) is 0.0676. The number of carboxylic acids is 1. The lowest BCUT2D eigenvalue weighted by atomic mass is 10.3. The summed E-state index contributed by atoms with van der Waals surface area (Å²) in [5.74, 6) is 0.820. The van der Waals surface area contributed by atoms with Gasteiger partial charge in [-0.3, -0.25) is 29.5 Å². The Labute approximate surface area is 192 Å². The summed E-state index contributed by atoms with van der Waals surface area (Å²) in [6.45, 7) is 2.48. The molecular weight excluding hydrogens is 473 g/mol. The standard InChI is InChI=1S/C16H26N4O7.C2HF3O2/c17-19-14(22)4-7-25-9-11-27-12-10-26-8-5-18-13(21)3-6-20-15(23)1-2-16(20)24;3-2(4,5)1(6)7/h1-2H,3-12,17H2,(H,18,21)(H,19,22);(H,6,7). The number of alkyl halides is 3. The molecule has 34 heavy (non-hydrogen) atoms. The van der Waals surface area contributed by atoms with Gasteiger partial charge in [0.15, 0.2) is 0 Å². The molecule has 0 aromatic rings. The molecule has 16 heteroatoms. The van der Waals surface area contributed by atoms with Crippen LogP contribution in [0, 0.1) is 0 Å². The van der Waals surface area contributed by atoms with Gasteiger partial charge in [0, 0.05) is 31.7 Å². The molecule has 1 rings (SSSR count). The maximum absolute atomic E-state index is 11.6. The normalized spacial score (nSPS) is 12.9. The molecule has 0 spiro atoms. The third-order valence-electron chi connectivity index (χ3n) is 3.65. The van der Waals surface area contributed by atoms with Crippen molar-refractivity contribution in [3.63, 3.8) is 0 Å². The van der Waals surface area contributed by atoms with Crippen LogP contribution in [0.1, 0.15) is 12.8 Å². The van der Waals surface area contributed by atoms with E-state index in [0.29, 0.717) is 39.6 Å². The van der Waals surface area contributed by atoms with Gasteiger partial charge in [-0.1, -0.05) is 0 Å². The van der Waals surface area contributed by atoms with Crippen molar-refractivity contribution in [2.45, 2.75) is 19.0 Å². The van der Waals surface area contributed by atoms with Crippen molar-refractivity contribution in [2.75, 3.05) is 52.7 Å². The second kappa shape index (κ2) is 17.4. The molecule has 1 aliphatic heterocycles. The number of hydrogen-bond donors (Lipinski definition) is 4. The van der Waals surface area contributed by atoms with E-state index in [1.807, 2.05) is 5.43 Å². The molecule has 0 saturated carbocycles. The van der Waals surface area contributed by atoms with Crippen LogP contribution in [0.3, 0.4) is 0 Å². The van der Waals surface area contributed by atoms with E-state index in [2.05, 4.69) is 5.32 Å². The van der Waals surface area contributed by atoms with Gasteiger partial charge >= 0.3 is 12.1 Å². The molecule has 0 aliphatic carbocycles. The Morgan fingerprint density at radius 2 is 1.35 bits per heavy atom. The highest BCUT2D eigenvalue weighted by Crippen LogP contribution is 2.13. The lowest BCUT2D eigenvalue weighted by molar-refractivity contribution is -0.192. The summed E-state index contributed by atoms with van der Waals surface area (Å²) in [5.41, 5.74) is 2.01. The number of rotatable bonds is 15. The summed E-state index contributed by atoms with van der Waals surface area (Å²) in [4.78, 5) is 55.0. The minimum absolute atomic E-state index is 0.0508. The van der Waals surface area contributed by atoms with Crippen LogP contribution in [-0.2, 0) is 38.2 Å². The van der Waals surface area contributed by atoms with Crippen LogP contribution in [0.25, 0.3) is 0 Å². The third kappa shape index (κ3) is 15.7. The number of amides is 4. The number of hydrogen-bond acceptors (Lipinski definition) is 9. The summed E-state index contributed by atoms with van der Waals surface area (Å²) in [7, 11) is 0. The number of hydrazine groups is 1. The number of nitrogens with zero attached hydrogens (tertiary/aromatic N) is 1. The lowest BCUT2D eigenvalue weighted by Gasteiger charge is -2.13. The first kappa shape index (κ1) is 30.9. The molecule has 194 valence electrons. The highest BCUT2D eigenvalue weighted by molar-refractivity contribution is 6.13. The maximum atomic E-state index is 11.6. The SMILES string of the molecule is NNC(=O)CCOCCOCCOCCNC(=O)CCN1C(=O)C=CC1=O.O=C(O)C(F)(F)F. The summed E-state index contributed by atoms with van der Waals surface area (Å²) < 4.78 is 47.5. The van der Waals surface area contributed by atoms with Gasteiger partial charge in [-0.25, -0.2) is 10.6 Å². The van der Waals surface area contributed by atoms with Gasteiger partial charge in [0.1, 0.15) is 0 Å². The summed E-state index contributed by atoms with van der Waals surface area (Å²) >= 11 is 0. The molecule has 0 bridgehead atoms. The Bertz CT molecular complexity index is 699. The first-order valence-corrected chi connectivity index (χ1v) is 9.82. The first-order chi connectivity index (χ1) is 16.0. The fraction of sp³-hybridized carbons (Fsp3) is 0.611. The average Bonchev–Trinajstić information content (AvgIpc) is 3.09. The van der Waals surface area contributed by atoms with E-state index in [1.165, 1.54) is 12.2 Å². The van der Waals surface area contributed by atoms with Crippen molar-refractivity contribution in [1.82, 2.24) is 15.6 Å². The van der Waals surface area contributed by atoms with Gasteiger partial charge in [0.05, 0.1) is 46.1 Å².